The smallest absolute Gasteiger partial charge is 0.308 e. The molecule has 3 aliphatic heterocycles. The van der Waals surface area contributed by atoms with Crippen molar-refractivity contribution in [1.29, 1.82) is 0 Å². The third-order valence-electron chi connectivity index (χ3n) is 6.59. The van der Waals surface area contributed by atoms with Gasteiger partial charge in [0.2, 0.25) is 17.7 Å². The van der Waals surface area contributed by atoms with Crippen molar-refractivity contribution in [3.63, 3.8) is 0 Å². The topological polar surface area (TPSA) is 151 Å². The maximum Gasteiger partial charge on any atom is 0.308 e. The molecule has 36 heavy (non-hydrogen) atoms. The Kier molecular flexibility index (Phi) is 7.97. The van der Waals surface area contributed by atoms with Crippen molar-refractivity contribution in [2.75, 3.05) is 18.5 Å². The number of amides is 5. The fraction of sp³-hybridized carbons (Fsp3) is 0.520. The number of nitrogens with zero attached hydrogens (tertiary/aromatic N) is 1. The Labute approximate surface area is 208 Å². The summed E-state index contributed by atoms with van der Waals surface area (Å²) in [7, 11) is 0. The van der Waals surface area contributed by atoms with Crippen LogP contribution in [0.2, 0.25) is 0 Å². The summed E-state index contributed by atoms with van der Waals surface area (Å²) in [5.41, 5.74) is 1.06. The summed E-state index contributed by atoms with van der Waals surface area (Å²) in [4.78, 5) is 73.6. The minimum atomic E-state index is -0.987. The molecule has 3 aliphatic rings. The average Bonchev–Trinajstić information content (AvgIpc) is 3.36. The SMILES string of the molecule is O=C1CCC(N2C(=O)c3cccc(NCCCCCCCC(=O)N[C@@H]4COC(=O)C4)c3C2=O)C(=O)N1. The number of cyclic esters (lactones) is 1. The molecular weight excluding hydrogens is 468 g/mol. The second kappa shape index (κ2) is 11.3. The molecule has 1 aromatic rings. The van der Waals surface area contributed by atoms with Crippen LogP contribution in [0.4, 0.5) is 5.69 Å². The first-order valence-corrected chi connectivity index (χ1v) is 12.4. The van der Waals surface area contributed by atoms with Crippen molar-refractivity contribution in [3.8, 4) is 0 Å². The van der Waals surface area contributed by atoms with E-state index in [2.05, 4.69) is 16.0 Å². The predicted molar refractivity (Wildman–Crippen MR) is 127 cm³/mol. The lowest BCUT2D eigenvalue weighted by molar-refractivity contribution is -0.138. The summed E-state index contributed by atoms with van der Waals surface area (Å²) in [5.74, 6) is -2.44. The van der Waals surface area contributed by atoms with E-state index in [1.54, 1.807) is 18.2 Å². The number of anilines is 1. The number of piperidine rings is 1. The molecule has 0 aromatic heterocycles. The molecule has 2 fully saturated rings. The van der Waals surface area contributed by atoms with Crippen LogP contribution in [-0.2, 0) is 23.9 Å². The van der Waals surface area contributed by atoms with E-state index in [0.29, 0.717) is 18.7 Å². The number of carbonyl (C=O) groups is 6. The maximum absolute atomic E-state index is 13.1. The molecule has 11 heteroatoms. The highest BCUT2D eigenvalue weighted by atomic mass is 16.5. The van der Waals surface area contributed by atoms with Crippen molar-refractivity contribution < 1.29 is 33.5 Å². The number of imide groups is 2. The van der Waals surface area contributed by atoms with E-state index in [1.807, 2.05) is 0 Å². The van der Waals surface area contributed by atoms with Gasteiger partial charge in [0.25, 0.3) is 11.8 Å². The lowest BCUT2D eigenvalue weighted by Crippen LogP contribution is -2.54. The van der Waals surface area contributed by atoms with Gasteiger partial charge in [0.05, 0.1) is 23.6 Å². The minimum absolute atomic E-state index is 0.0662. The molecule has 0 aliphatic carbocycles. The highest BCUT2D eigenvalue weighted by Crippen LogP contribution is 2.32. The van der Waals surface area contributed by atoms with Crippen LogP contribution >= 0.6 is 0 Å². The fourth-order valence-corrected chi connectivity index (χ4v) is 4.73. The number of carbonyl (C=O) groups excluding carboxylic acids is 6. The molecule has 2 saturated heterocycles. The van der Waals surface area contributed by atoms with Crippen molar-refractivity contribution in [2.24, 2.45) is 0 Å². The largest absolute Gasteiger partial charge is 0.463 e. The first-order chi connectivity index (χ1) is 17.3. The van der Waals surface area contributed by atoms with Gasteiger partial charge in [-0.25, -0.2) is 0 Å². The number of unbranched alkanes of at least 4 members (excludes halogenated alkanes) is 4. The number of fused-ring (bicyclic) bond motifs is 1. The highest BCUT2D eigenvalue weighted by Gasteiger charge is 2.45. The third-order valence-corrected chi connectivity index (χ3v) is 6.59. The van der Waals surface area contributed by atoms with Gasteiger partial charge in [-0.05, 0) is 31.4 Å². The standard InChI is InChI=1S/C25H30N4O7/c30-19(27-15-13-21(32)36-14-15)9-4-2-1-3-5-12-26-17-8-6-7-16-22(17)25(35)29(24(16)34)18-10-11-20(31)28-23(18)33/h6-8,15,18,26H,1-5,9-14H2,(H,27,30)(H,28,31,33)/t15-,18?/m0/s1. The van der Waals surface area contributed by atoms with Gasteiger partial charge in [-0.3, -0.25) is 39.0 Å². The van der Waals surface area contributed by atoms with E-state index in [-0.39, 0.29) is 54.9 Å². The van der Waals surface area contributed by atoms with E-state index in [9.17, 15) is 28.8 Å². The van der Waals surface area contributed by atoms with Gasteiger partial charge in [0.15, 0.2) is 0 Å². The Bertz CT molecular complexity index is 1090. The van der Waals surface area contributed by atoms with E-state index < -0.39 is 29.7 Å². The summed E-state index contributed by atoms with van der Waals surface area (Å²) in [5, 5.41) is 8.24. The van der Waals surface area contributed by atoms with Gasteiger partial charge >= 0.3 is 5.97 Å². The van der Waals surface area contributed by atoms with Crippen LogP contribution in [-0.4, -0.2) is 65.6 Å². The summed E-state index contributed by atoms with van der Waals surface area (Å²) in [6, 6.07) is 3.80. The van der Waals surface area contributed by atoms with Gasteiger partial charge in [0, 0.05) is 25.1 Å². The second-order valence-corrected chi connectivity index (χ2v) is 9.27. The molecule has 192 valence electrons. The minimum Gasteiger partial charge on any atom is -0.463 e. The number of nitrogens with one attached hydrogen (secondary N) is 3. The molecule has 3 N–H and O–H groups in total. The molecule has 3 heterocycles. The van der Waals surface area contributed by atoms with Gasteiger partial charge in [-0.1, -0.05) is 25.3 Å². The maximum atomic E-state index is 13.1. The van der Waals surface area contributed by atoms with Crippen LogP contribution in [0.5, 0.6) is 0 Å². The Morgan fingerprint density at radius 2 is 1.81 bits per heavy atom. The number of hydrogen-bond acceptors (Lipinski definition) is 8. The van der Waals surface area contributed by atoms with Crippen molar-refractivity contribution in [2.45, 2.75) is 69.9 Å². The van der Waals surface area contributed by atoms with Crippen LogP contribution in [0.15, 0.2) is 18.2 Å². The van der Waals surface area contributed by atoms with Gasteiger partial charge < -0.3 is 15.4 Å². The van der Waals surface area contributed by atoms with Crippen LogP contribution in [0, 0.1) is 0 Å². The first-order valence-electron chi connectivity index (χ1n) is 12.4. The van der Waals surface area contributed by atoms with E-state index in [0.717, 1.165) is 37.0 Å². The molecule has 4 rings (SSSR count). The number of ether oxygens (including phenoxy) is 1. The van der Waals surface area contributed by atoms with Crippen molar-refractivity contribution in [3.05, 3.63) is 29.3 Å². The summed E-state index contributed by atoms with van der Waals surface area (Å²) in [6.45, 7) is 0.851. The van der Waals surface area contributed by atoms with Crippen LogP contribution in [0.3, 0.4) is 0 Å². The zero-order valence-corrected chi connectivity index (χ0v) is 20.0. The molecule has 5 amide bonds. The zero-order valence-electron chi connectivity index (χ0n) is 20.0. The molecule has 11 nitrogen and oxygen atoms in total. The number of benzene rings is 1. The molecule has 1 aromatic carbocycles. The lowest BCUT2D eigenvalue weighted by atomic mass is 10.0. The monoisotopic (exact) mass is 498 g/mol. The van der Waals surface area contributed by atoms with Gasteiger partial charge in [-0.15, -0.1) is 0 Å². The molecule has 0 bridgehead atoms. The van der Waals surface area contributed by atoms with Crippen LogP contribution in [0.25, 0.3) is 0 Å². The number of esters is 1. The van der Waals surface area contributed by atoms with Crippen molar-refractivity contribution >= 4 is 41.2 Å². The number of hydrogen-bond donors (Lipinski definition) is 3. The second-order valence-electron chi connectivity index (χ2n) is 9.27. The van der Waals surface area contributed by atoms with Crippen LogP contribution < -0.4 is 16.0 Å². The normalized spacial score (nSPS) is 21.3. The molecule has 0 radical (unpaired) electrons. The predicted octanol–water partition coefficient (Wildman–Crippen LogP) is 1.27. The quantitative estimate of drug-likeness (QED) is 0.234. The Morgan fingerprint density at radius 1 is 1.03 bits per heavy atom. The van der Waals surface area contributed by atoms with Gasteiger partial charge in [0.1, 0.15) is 12.6 Å². The molecule has 2 atom stereocenters. The van der Waals surface area contributed by atoms with E-state index >= 15 is 0 Å². The van der Waals surface area contributed by atoms with Crippen molar-refractivity contribution in [1.82, 2.24) is 15.5 Å². The molecule has 1 unspecified atom stereocenters. The molecular formula is C25H30N4O7. The lowest BCUT2D eigenvalue weighted by Gasteiger charge is -2.27. The number of rotatable bonds is 11. The summed E-state index contributed by atoms with van der Waals surface area (Å²) in [6.07, 6.45) is 5.25. The Balaban J connectivity index is 1.18. The first kappa shape index (κ1) is 25.3. The fourth-order valence-electron chi connectivity index (χ4n) is 4.73. The summed E-state index contributed by atoms with van der Waals surface area (Å²) < 4.78 is 4.83. The zero-order chi connectivity index (χ0) is 25.7. The Morgan fingerprint density at radius 3 is 2.56 bits per heavy atom. The molecule has 0 spiro atoms. The molecule has 0 saturated carbocycles. The van der Waals surface area contributed by atoms with Gasteiger partial charge in [-0.2, -0.15) is 0 Å². The van der Waals surface area contributed by atoms with E-state index in [1.165, 1.54) is 0 Å². The van der Waals surface area contributed by atoms with E-state index in [4.69, 9.17) is 4.74 Å². The average molecular weight is 499 g/mol. The highest BCUT2D eigenvalue weighted by molar-refractivity contribution is 6.25. The van der Waals surface area contributed by atoms with Crippen LogP contribution in [0.1, 0.15) is 78.5 Å². The Hall–Kier alpha value is -3.76. The summed E-state index contributed by atoms with van der Waals surface area (Å²) >= 11 is 0. The third kappa shape index (κ3) is 5.72.